The third-order valence-electron chi connectivity index (χ3n) is 4.22. The van der Waals surface area contributed by atoms with Crippen LogP contribution in [0, 0.1) is 0 Å². The topological polar surface area (TPSA) is 29.5 Å². The van der Waals surface area contributed by atoms with E-state index >= 15 is 0 Å². The first-order chi connectivity index (χ1) is 12.2. The van der Waals surface area contributed by atoms with Crippen LogP contribution < -0.4 is 4.74 Å². The Hall–Kier alpha value is -1.65. The molecule has 1 aliphatic carbocycles. The van der Waals surface area contributed by atoms with Crippen LogP contribution in [0.15, 0.2) is 53.4 Å². The van der Waals surface area contributed by atoms with Crippen LogP contribution in [-0.4, -0.2) is 29.7 Å². The molecule has 0 spiro atoms. The largest absolute Gasteiger partial charge is 0.497 e. The molecule has 0 bridgehead atoms. The number of methoxy groups -OCH3 is 1. The van der Waals surface area contributed by atoms with Gasteiger partial charge >= 0.3 is 0 Å². The van der Waals surface area contributed by atoms with Crippen LogP contribution in [0.25, 0.3) is 0 Å². The minimum Gasteiger partial charge on any atom is -0.497 e. The number of hydrogen-bond acceptors (Lipinski definition) is 3. The molecule has 1 aliphatic rings. The molecule has 0 unspecified atom stereocenters. The summed E-state index contributed by atoms with van der Waals surface area (Å²) in [5, 5.41) is 0.736. The van der Waals surface area contributed by atoms with Gasteiger partial charge in [0.2, 0.25) is 5.91 Å². The van der Waals surface area contributed by atoms with Gasteiger partial charge in [-0.15, -0.1) is 11.8 Å². The summed E-state index contributed by atoms with van der Waals surface area (Å²) in [7, 11) is 1.66. The molecule has 2 aromatic carbocycles. The third-order valence-corrected chi connectivity index (χ3v) is 5.48. The third kappa shape index (κ3) is 5.41. The summed E-state index contributed by atoms with van der Waals surface area (Å²) in [4.78, 5) is 15.8. The Morgan fingerprint density at radius 1 is 1.16 bits per heavy atom. The van der Waals surface area contributed by atoms with Gasteiger partial charge in [0.15, 0.2) is 0 Å². The molecular formula is C20H22ClNO2S. The molecule has 5 heteroatoms. The molecular weight excluding hydrogens is 354 g/mol. The fourth-order valence-electron chi connectivity index (χ4n) is 2.67. The van der Waals surface area contributed by atoms with Gasteiger partial charge < -0.3 is 9.64 Å². The van der Waals surface area contributed by atoms with Gasteiger partial charge in [0.05, 0.1) is 7.11 Å². The number of hydrogen-bond donors (Lipinski definition) is 0. The molecule has 1 fully saturated rings. The Kier molecular flexibility index (Phi) is 6.27. The van der Waals surface area contributed by atoms with E-state index in [4.69, 9.17) is 16.3 Å². The second-order valence-electron chi connectivity index (χ2n) is 6.15. The van der Waals surface area contributed by atoms with Gasteiger partial charge in [0.1, 0.15) is 5.75 Å². The summed E-state index contributed by atoms with van der Waals surface area (Å²) < 4.78 is 5.19. The van der Waals surface area contributed by atoms with Crippen LogP contribution in [0.1, 0.15) is 24.8 Å². The highest BCUT2D eigenvalue weighted by atomic mass is 35.5. The number of carbonyl (C=O) groups is 1. The normalized spacial score (nSPS) is 13.5. The highest BCUT2D eigenvalue weighted by Gasteiger charge is 2.32. The van der Waals surface area contributed by atoms with Gasteiger partial charge in [-0.05, 0) is 54.8 Å². The molecule has 2 aromatic rings. The van der Waals surface area contributed by atoms with E-state index in [1.165, 1.54) is 0 Å². The fourth-order valence-corrected chi connectivity index (χ4v) is 3.63. The second kappa shape index (κ2) is 8.63. The van der Waals surface area contributed by atoms with Crippen molar-refractivity contribution in [2.24, 2.45) is 0 Å². The van der Waals surface area contributed by atoms with E-state index in [9.17, 15) is 4.79 Å². The molecule has 3 nitrogen and oxygen atoms in total. The minimum atomic E-state index is 0.236. The number of nitrogens with zero attached hydrogens (tertiary/aromatic N) is 1. The van der Waals surface area contributed by atoms with Crippen molar-refractivity contribution in [2.45, 2.75) is 36.7 Å². The lowest BCUT2D eigenvalue weighted by Gasteiger charge is -2.22. The standard InChI is InChI=1S/C20H22ClNO2S/c1-24-18-8-2-15(3-9-18)14-22(17-6-7-17)20(23)12-13-25-19-10-4-16(21)5-11-19/h2-5,8-11,17H,6-7,12-14H2,1H3. The van der Waals surface area contributed by atoms with Gasteiger partial charge in [0, 0.05) is 34.7 Å². The maximum Gasteiger partial charge on any atom is 0.223 e. The lowest BCUT2D eigenvalue weighted by Crippen LogP contribution is -2.32. The van der Waals surface area contributed by atoms with Gasteiger partial charge in [0.25, 0.3) is 0 Å². The summed E-state index contributed by atoms with van der Waals surface area (Å²) in [6, 6.07) is 16.1. The van der Waals surface area contributed by atoms with Crippen molar-refractivity contribution in [1.82, 2.24) is 4.90 Å². The van der Waals surface area contributed by atoms with E-state index in [0.29, 0.717) is 19.0 Å². The number of thioether (sulfide) groups is 1. The summed E-state index contributed by atoms with van der Waals surface area (Å²) in [5.74, 6) is 1.86. The predicted molar refractivity (Wildman–Crippen MR) is 103 cm³/mol. The quantitative estimate of drug-likeness (QED) is 0.606. The molecule has 0 N–H and O–H groups in total. The molecule has 1 saturated carbocycles. The molecule has 0 aromatic heterocycles. The lowest BCUT2D eigenvalue weighted by molar-refractivity contribution is -0.131. The van der Waals surface area contributed by atoms with E-state index in [1.54, 1.807) is 18.9 Å². The first kappa shape index (κ1) is 18.2. The summed E-state index contributed by atoms with van der Waals surface area (Å²) in [5.41, 5.74) is 1.14. The molecule has 132 valence electrons. The number of halogens is 1. The Labute approximate surface area is 158 Å². The lowest BCUT2D eigenvalue weighted by atomic mass is 10.2. The SMILES string of the molecule is COc1ccc(CN(C(=O)CCSc2ccc(Cl)cc2)C2CC2)cc1. The van der Waals surface area contributed by atoms with Crippen LogP contribution >= 0.6 is 23.4 Å². The Morgan fingerprint density at radius 2 is 1.84 bits per heavy atom. The molecule has 0 atom stereocenters. The van der Waals surface area contributed by atoms with Crippen LogP contribution in [0.2, 0.25) is 5.02 Å². The van der Waals surface area contributed by atoms with Crippen molar-refractivity contribution in [3.05, 3.63) is 59.1 Å². The van der Waals surface area contributed by atoms with Crippen molar-refractivity contribution in [3.63, 3.8) is 0 Å². The van der Waals surface area contributed by atoms with E-state index in [-0.39, 0.29) is 5.91 Å². The van der Waals surface area contributed by atoms with Crippen LogP contribution in [0.3, 0.4) is 0 Å². The monoisotopic (exact) mass is 375 g/mol. The number of benzene rings is 2. The van der Waals surface area contributed by atoms with Crippen LogP contribution in [0.4, 0.5) is 0 Å². The maximum atomic E-state index is 12.7. The summed E-state index contributed by atoms with van der Waals surface area (Å²) in [6.45, 7) is 0.680. The fraction of sp³-hybridized carbons (Fsp3) is 0.350. The number of ether oxygens (including phenoxy) is 1. The van der Waals surface area contributed by atoms with Crippen molar-refractivity contribution >= 4 is 29.3 Å². The zero-order valence-corrected chi connectivity index (χ0v) is 15.9. The number of rotatable bonds is 8. The number of amides is 1. The average molecular weight is 376 g/mol. The predicted octanol–water partition coefficient (Wildman–Crippen LogP) is 5.02. The van der Waals surface area contributed by atoms with Gasteiger partial charge in [-0.2, -0.15) is 0 Å². The zero-order chi connectivity index (χ0) is 17.6. The Balaban J connectivity index is 1.52. The average Bonchev–Trinajstić information content (AvgIpc) is 3.46. The molecule has 0 aliphatic heterocycles. The maximum absolute atomic E-state index is 12.7. The van der Waals surface area contributed by atoms with Crippen molar-refractivity contribution in [1.29, 1.82) is 0 Å². The second-order valence-corrected chi connectivity index (χ2v) is 7.76. The van der Waals surface area contributed by atoms with E-state index in [1.807, 2.05) is 53.4 Å². The molecule has 0 saturated heterocycles. The van der Waals surface area contributed by atoms with Gasteiger partial charge in [-0.1, -0.05) is 23.7 Å². The van der Waals surface area contributed by atoms with E-state index < -0.39 is 0 Å². The van der Waals surface area contributed by atoms with E-state index in [2.05, 4.69) is 0 Å². The van der Waals surface area contributed by atoms with Gasteiger partial charge in [-0.3, -0.25) is 4.79 Å². The molecule has 1 amide bonds. The van der Waals surface area contributed by atoms with Crippen molar-refractivity contribution in [3.8, 4) is 5.75 Å². The van der Waals surface area contributed by atoms with Crippen molar-refractivity contribution < 1.29 is 9.53 Å². The summed E-state index contributed by atoms with van der Waals surface area (Å²) in [6.07, 6.45) is 2.79. The Morgan fingerprint density at radius 3 is 2.44 bits per heavy atom. The smallest absolute Gasteiger partial charge is 0.223 e. The highest BCUT2D eigenvalue weighted by molar-refractivity contribution is 7.99. The molecule has 0 heterocycles. The zero-order valence-electron chi connectivity index (χ0n) is 14.3. The molecule has 3 rings (SSSR count). The first-order valence-electron chi connectivity index (χ1n) is 8.46. The number of carbonyl (C=O) groups excluding carboxylic acids is 1. The molecule has 0 radical (unpaired) electrons. The van der Waals surface area contributed by atoms with Crippen LogP contribution in [0.5, 0.6) is 5.75 Å². The highest BCUT2D eigenvalue weighted by Crippen LogP contribution is 2.30. The first-order valence-corrected chi connectivity index (χ1v) is 9.83. The Bertz CT molecular complexity index is 699. The summed E-state index contributed by atoms with van der Waals surface area (Å²) >= 11 is 7.59. The minimum absolute atomic E-state index is 0.236. The van der Waals surface area contributed by atoms with E-state index in [0.717, 1.165) is 39.8 Å². The van der Waals surface area contributed by atoms with Gasteiger partial charge in [-0.25, -0.2) is 0 Å². The van der Waals surface area contributed by atoms with Crippen molar-refractivity contribution in [2.75, 3.05) is 12.9 Å². The molecule has 25 heavy (non-hydrogen) atoms. The van der Waals surface area contributed by atoms with Crippen LogP contribution in [-0.2, 0) is 11.3 Å².